The van der Waals surface area contributed by atoms with E-state index in [0.29, 0.717) is 22.0 Å². The molecule has 1 aromatic carbocycles. The Bertz CT molecular complexity index is 1020. The van der Waals surface area contributed by atoms with Gasteiger partial charge in [-0.25, -0.2) is 9.37 Å². The van der Waals surface area contributed by atoms with Crippen molar-refractivity contribution >= 4 is 33.2 Å². The molecule has 1 saturated heterocycles. The molecule has 2 aromatic heterocycles. The van der Waals surface area contributed by atoms with E-state index in [2.05, 4.69) is 10.2 Å². The molecule has 0 radical (unpaired) electrons. The highest BCUT2D eigenvalue weighted by molar-refractivity contribution is 7.20. The molecule has 0 spiro atoms. The van der Waals surface area contributed by atoms with Crippen LogP contribution in [0.5, 0.6) is 0 Å². The molecule has 146 valence electrons. The highest BCUT2D eigenvalue weighted by Crippen LogP contribution is 2.35. The van der Waals surface area contributed by atoms with Crippen molar-refractivity contribution in [1.82, 2.24) is 14.6 Å². The molecule has 2 aliphatic rings. The lowest BCUT2D eigenvalue weighted by Crippen LogP contribution is -2.30. The second-order valence-electron chi connectivity index (χ2n) is 7.56. The second-order valence-corrected chi connectivity index (χ2v) is 8.50. The van der Waals surface area contributed by atoms with Crippen LogP contribution in [-0.4, -0.2) is 33.6 Å². The first-order valence-corrected chi connectivity index (χ1v) is 10.7. The fourth-order valence-corrected chi connectivity index (χ4v) is 4.74. The minimum atomic E-state index is -0.327. The Labute approximate surface area is 166 Å². The molecule has 1 amide bonds. The van der Waals surface area contributed by atoms with E-state index < -0.39 is 0 Å². The van der Waals surface area contributed by atoms with Crippen LogP contribution in [0.4, 0.5) is 15.3 Å². The SMILES string of the molecule is O=C(Nc1c(-c2cccc(F)c2)nc2sc(N3CCCCC3)nn12)C1CCC1. The largest absolute Gasteiger partial charge is 0.347 e. The van der Waals surface area contributed by atoms with E-state index in [-0.39, 0.29) is 17.6 Å². The number of fused-ring (bicyclic) bond motifs is 1. The van der Waals surface area contributed by atoms with E-state index in [1.54, 1.807) is 16.6 Å². The summed E-state index contributed by atoms with van der Waals surface area (Å²) in [6.45, 7) is 1.99. The van der Waals surface area contributed by atoms with Crippen molar-refractivity contribution < 1.29 is 9.18 Å². The summed E-state index contributed by atoms with van der Waals surface area (Å²) in [5.74, 6) is 0.258. The summed E-state index contributed by atoms with van der Waals surface area (Å²) in [5.41, 5.74) is 1.21. The number of carbonyl (C=O) groups is 1. The summed E-state index contributed by atoms with van der Waals surface area (Å²) in [4.78, 5) is 20.3. The van der Waals surface area contributed by atoms with Crippen molar-refractivity contribution in [3.05, 3.63) is 30.1 Å². The molecule has 3 heterocycles. The quantitative estimate of drug-likeness (QED) is 0.709. The van der Waals surface area contributed by atoms with Crippen LogP contribution in [0, 0.1) is 11.7 Å². The molecule has 0 unspecified atom stereocenters. The zero-order valence-electron chi connectivity index (χ0n) is 15.5. The first-order chi connectivity index (χ1) is 13.7. The van der Waals surface area contributed by atoms with Gasteiger partial charge in [0.25, 0.3) is 0 Å². The fraction of sp³-hybridized carbons (Fsp3) is 0.450. The van der Waals surface area contributed by atoms with Crippen LogP contribution in [0.2, 0.25) is 0 Å². The number of piperidine rings is 1. The number of rotatable bonds is 4. The summed E-state index contributed by atoms with van der Waals surface area (Å²) >= 11 is 1.51. The summed E-state index contributed by atoms with van der Waals surface area (Å²) < 4.78 is 15.5. The fourth-order valence-electron chi connectivity index (χ4n) is 3.79. The van der Waals surface area contributed by atoms with Gasteiger partial charge in [-0.3, -0.25) is 4.79 Å². The van der Waals surface area contributed by atoms with Gasteiger partial charge >= 0.3 is 0 Å². The molecule has 1 aliphatic heterocycles. The van der Waals surface area contributed by atoms with Gasteiger partial charge in [-0.1, -0.05) is 29.9 Å². The van der Waals surface area contributed by atoms with E-state index in [9.17, 15) is 9.18 Å². The lowest BCUT2D eigenvalue weighted by molar-refractivity contribution is -0.122. The van der Waals surface area contributed by atoms with Crippen LogP contribution in [0.1, 0.15) is 38.5 Å². The van der Waals surface area contributed by atoms with Crippen molar-refractivity contribution in [3.8, 4) is 11.3 Å². The number of imidazole rings is 1. The van der Waals surface area contributed by atoms with E-state index in [0.717, 1.165) is 37.5 Å². The molecule has 28 heavy (non-hydrogen) atoms. The molecule has 1 saturated carbocycles. The molecular formula is C20H22FN5OS. The number of carbonyl (C=O) groups excluding carboxylic acids is 1. The van der Waals surface area contributed by atoms with Crippen LogP contribution in [-0.2, 0) is 4.79 Å². The standard InChI is InChI=1S/C20H22FN5OS/c21-15-9-5-8-14(12-15)16-17(23-18(27)13-6-4-7-13)26-19(22-16)28-20(24-26)25-10-2-1-3-11-25/h5,8-9,12-13H,1-4,6-7,10-11H2,(H,23,27). The van der Waals surface area contributed by atoms with Crippen molar-refractivity contribution in [2.24, 2.45) is 5.92 Å². The van der Waals surface area contributed by atoms with Gasteiger partial charge in [0, 0.05) is 24.6 Å². The molecule has 1 aliphatic carbocycles. The maximum atomic E-state index is 13.8. The summed E-state index contributed by atoms with van der Waals surface area (Å²) in [6, 6.07) is 6.31. The summed E-state index contributed by atoms with van der Waals surface area (Å²) in [6.07, 6.45) is 6.51. The van der Waals surface area contributed by atoms with Crippen LogP contribution in [0.15, 0.2) is 24.3 Å². The van der Waals surface area contributed by atoms with Crippen molar-refractivity contribution in [3.63, 3.8) is 0 Å². The minimum Gasteiger partial charge on any atom is -0.347 e. The number of benzene rings is 1. The Balaban J connectivity index is 1.56. The molecule has 5 rings (SSSR count). The summed E-state index contributed by atoms with van der Waals surface area (Å²) in [5, 5.41) is 8.71. The molecule has 2 fully saturated rings. The lowest BCUT2D eigenvalue weighted by Gasteiger charge is -2.25. The smallest absolute Gasteiger partial charge is 0.228 e. The van der Waals surface area contributed by atoms with Gasteiger partial charge in [0.05, 0.1) is 0 Å². The third kappa shape index (κ3) is 3.15. The average molecular weight is 399 g/mol. The van der Waals surface area contributed by atoms with E-state index in [1.807, 2.05) is 0 Å². The molecule has 8 heteroatoms. The number of amides is 1. The molecule has 0 atom stereocenters. The number of hydrogen-bond donors (Lipinski definition) is 1. The Morgan fingerprint density at radius 2 is 2.00 bits per heavy atom. The molecule has 3 aromatic rings. The highest BCUT2D eigenvalue weighted by atomic mass is 32.1. The number of hydrogen-bond acceptors (Lipinski definition) is 5. The first-order valence-electron chi connectivity index (χ1n) is 9.90. The molecule has 0 bridgehead atoms. The van der Waals surface area contributed by atoms with E-state index in [1.165, 1.54) is 42.7 Å². The van der Waals surface area contributed by atoms with Gasteiger partial charge in [-0.2, -0.15) is 4.52 Å². The third-order valence-electron chi connectivity index (χ3n) is 5.64. The van der Waals surface area contributed by atoms with Gasteiger partial charge < -0.3 is 10.2 Å². The van der Waals surface area contributed by atoms with E-state index in [4.69, 9.17) is 10.1 Å². The third-order valence-corrected chi connectivity index (χ3v) is 6.60. The maximum absolute atomic E-state index is 13.8. The van der Waals surface area contributed by atoms with Gasteiger partial charge in [-0.15, -0.1) is 5.10 Å². The first kappa shape index (κ1) is 17.6. The maximum Gasteiger partial charge on any atom is 0.228 e. The van der Waals surface area contributed by atoms with Gasteiger partial charge in [0.1, 0.15) is 11.5 Å². The highest BCUT2D eigenvalue weighted by Gasteiger charge is 2.28. The normalized spacial score (nSPS) is 17.7. The van der Waals surface area contributed by atoms with Crippen LogP contribution >= 0.6 is 11.3 Å². The number of anilines is 2. The minimum absolute atomic E-state index is 0.00164. The summed E-state index contributed by atoms with van der Waals surface area (Å²) in [7, 11) is 0. The number of nitrogens with zero attached hydrogens (tertiary/aromatic N) is 4. The zero-order chi connectivity index (χ0) is 19.1. The Kier molecular flexibility index (Phi) is 4.50. The van der Waals surface area contributed by atoms with Gasteiger partial charge in [-0.05, 0) is 44.2 Å². The molecule has 6 nitrogen and oxygen atoms in total. The van der Waals surface area contributed by atoms with Crippen LogP contribution in [0.25, 0.3) is 16.2 Å². The Morgan fingerprint density at radius 3 is 2.71 bits per heavy atom. The number of aromatic nitrogens is 3. The average Bonchev–Trinajstić information content (AvgIpc) is 3.20. The van der Waals surface area contributed by atoms with Crippen LogP contribution in [0.3, 0.4) is 0 Å². The lowest BCUT2D eigenvalue weighted by atomic mass is 9.85. The zero-order valence-corrected chi connectivity index (χ0v) is 16.3. The predicted octanol–water partition coefficient (Wildman–Crippen LogP) is 4.33. The topological polar surface area (TPSA) is 62.5 Å². The van der Waals surface area contributed by atoms with Crippen molar-refractivity contribution in [2.45, 2.75) is 38.5 Å². The van der Waals surface area contributed by atoms with Crippen molar-refractivity contribution in [2.75, 3.05) is 23.3 Å². The molecule has 1 N–H and O–H groups in total. The second kappa shape index (κ2) is 7.16. The predicted molar refractivity (Wildman–Crippen MR) is 108 cm³/mol. The van der Waals surface area contributed by atoms with Crippen molar-refractivity contribution in [1.29, 1.82) is 0 Å². The number of halogens is 1. The Morgan fingerprint density at radius 1 is 1.18 bits per heavy atom. The monoisotopic (exact) mass is 399 g/mol. The van der Waals surface area contributed by atoms with Crippen LogP contribution < -0.4 is 10.2 Å². The Hall–Kier alpha value is -2.48. The number of nitrogens with one attached hydrogen (secondary N) is 1. The van der Waals surface area contributed by atoms with E-state index >= 15 is 0 Å². The molecular weight excluding hydrogens is 377 g/mol. The van der Waals surface area contributed by atoms with Gasteiger partial charge in [0.15, 0.2) is 5.82 Å². The van der Waals surface area contributed by atoms with Gasteiger partial charge in [0.2, 0.25) is 16.0 Å².